The monoisotopic (exact) mass is 932 g/mol. The number of benzene rings is 7. The zero-order valence-corrected chi connectivity index (χ0v) is 42.5. The van der Waals surface area contributed by atoms with E-state index < -0.39 is 0 Å². The van der Waals surface area contributed by atoms with Crippen molar-refractivity contribution in [3.8, 4) is 22.3 Å². The summed E-state index contributed by atoms with van der Waals surface area (Å²) in [5, 5.41) is 4.87. The van der Waals surface area contributed by atoms with E-state index in [-0.39, 0.29) is 17.5 Å². The Hall–Kier alpha value is -6.80. The van der Waals surface area contributed by atoms with Gasteiger partial charge in [0.15, 0.2) is 0 Å². The maximum atomic E-state index is 6.22. The Labute approximate surface area is 412 Å². The fourth-order valence-electron chi connectivity index (χ4n) is 11.6. The second kappa shape index (κ2) is 14.9. The molecule has 0 saturated carbocycles. The molecule has 0 bridgehead atoms. The fraction of sp³-hybridized carbons (Fsp3) is 0.194. The molecule has 7 heteroatoms. The van der Waals surface area contributed by atoms with Crippen molar-refractivity contribution in [1.29, 1.82) is 0 Å². The number of nitrogens with zero attached hydrogens (tertiary/aromatic N) is 2. The van der Waals surface area contributed by atoms with Crippen LogP contribution in [0.3, 0.4) is 0 Å². The molecule has 0 atom stereocenters. The Kier molecular flexibility index (Phi) is 9.11. The van der Waals surface area contributed by atoms with E-state index in [0.29, 0.717) is 0 Å². The molecule has 2 aliphatic heterocycles. The quantitative estimate of drug-likeness (QED) is 0.165. The van der Waals surface area contributed by atoms with E-state index in [1.165, 1.54) is 114 Å². The molecule has 0 aliphatic carbocycles. The van der Waals surface area contributed by atoms with Crippen LogP contribution in [0.15, 0.2) is 149 Å². The number of hydrogen-bond donors (Lipinski definition) is 0. The molecule has 69 heavy (non-hydrogen) atoms. The van der Waals surface area contributed by atoms with Crippen LogP contribution in [0.25, 0.3) is 64.4 Å². The highest BCUT2D eigenvalue weighted by Crippen LogP contribution is 2.54. The lowest BCUT2D eigenvalue weighted by atomic mass is 9.39. The lowest BCUT2D eigenvalue weighted by Crippen LogP contribution is -2.59. The van der Waals surface area contributed by atoms with Crippen LogP contribution < -0.4 is 24.8 Å². The molecule has 0 saturated heterocycles. The molecule has 11 aromatic rings. The van der Waals surface area contributed by atoms with Crippen molar-refractivity contribution >= 4 is 121 Å². The third-order valence-corrected chi connectivity index (χ3v) is 17.6. The topological polar surface area (TPSA) is 32.8 Å². The molecule has 0 N–H and O–H groups in total. The van der Waals surface area contributed by atoms with Crippen LogP contribution in [0.5, 0.6) is 0 Å². The molecule has 4 nitrogen and oxygen atoms in total. The SMILES string of the molecule is Cc1ccc(-c2coc3ccccc23)c(C)c1N1c2cccc3c2B(c2sc4ccc(C(C)(C)C)cc4c21)c1sc2ccc(C(C)(C)C)cc2c1N3c1c(C)ccc(-c2coc3ccccc23)c1C. The maximum Gasteiger partial charge on any atom is 0.277 e. The van der Waals surface area contributed by atoms with Gasteiger partial charge >= 0.3 is 0 Å². The van der Waals surface area contributed by atoms with Crippen molar-refractivity contribution in [2.24, 2.45) is 0 Å². The number of hydrogen-bond acceptors (Lipinski definition) is 6. The summed E-state index contributed by atoms with van der Waals surface area (Å²) in [4.78, 5) is 5.32. The van der Waals surface area contributed by atoms with Crippen LogP contribution in [0.1, 0.15) is 74.9 Å². The normalized spacial score (nSPS) is 13.6. The molecule has 2 aliphatic rings. The third kappa shape index (κ3) is 6.12. The molecule has 4 aromatic heterocycles. The van der Waals surface area contributed by atoms with Crippen LogP contribution in [0, 0.1) is 27.7 Å². The van der Waals surface area contributed by atoms with Crippen LogP contribution in [-0.2, 0) is 10.8 Å². The van der Waals surface area contributed by atoms with Crippen LogP contribution in [0.4, 0.5) is 34.1 Å². The third-order valence-electron chi connectivity index (χ3n) is 15.2. The fourth-order valence-corrected chi connectivity index (χ4v) is 14.3. The van der Waals surface area contributed by atoms with Gasteiger partial charge in [-0.2, -0.15) is 0 Å². The molecule has 6 heterocycles. The zero-order chi connectivity index (χ0) is 47.4. The summed E-state index contributed by atoms with van der Waals surface area (Å²) in [6.07, 6.45) is 3.89. The van der Waals surface area contributed by atoms with Gasteiger partial charge in [0.05, 0.1) is 35.3 Å². The number of aryl methyl sites for hydroxylation is 2. The molecule has 0 fully saturated rings. The smallest absolute Gasteiger partial charge is 0.277 e. The summed E-state index contributed by atoms with van der Waals surface area (Å²) in [5.41, 5.74) is 22.8. The van der Waals surface area contributed by atoms with E-state index in [2.05, 4.69) is 194 Å². The highest BCUT2D eigenvalue weighted by atomic mass is 32.1. The van der Waals surface area contributed by atoms with Gasteiger partial charge in [-0.1, -0.05) is 120 Å². The summed E-state index contributed by atoms with van der Waals surface area (Å²) in [6.45, 7) is 23.2. The van der Waals surface area contributed by atoms with Crippen molar-refractivity contribution in [3.05, 3.63) is 173 Å². The van der Waals surface area contributed by atoms with Gasteiger partial charge < -0.3 is 18.6 Å². The zero-order valence-electron chi connectivity index (χ0n) is 40.9. The molecular weight excluding hydrogens is 880 g/mol. The van der Waals surface area contributed by atoms with E-state index in [0.717, 1.165) is 33.1 Å². The van der Waals surface area contributed by atoms with Crippen molar-refractivity contribution in [2.45, 2.75) is 80.1 Å². The first-order valence-electron chi connectivity index (χ1n) is 24.2. The largest absolute Gasteiger partial charge is 0.464 e. The summed E-state index contributed by atoms with van der Waals surface area (Å²) in [7, 11) is 0. The summed E-state index contributed by atoms with van der Waals surface area (Å²) in [5.74, 6) is 0. The van der Waals surface area contributed by atoms with Gasteiger partial charge in [0, 0.05) is 63.0 Å². The van der Waals surface area contributed by atoms with Crippen molar-refractivity contribution in [3.63, 3.8) is 0 Å². The minimum atomic E-state index is -0.0244. The second-order valence-electron chi connectivity index (χ2n) is 21.5. The van der Waals surface area contributed by atoms with E-state index in [1.807, 2.05) is 47.3 Å². The highest BCUT2D eigenvalue weighted by Gasteiger charge is 2.48. The Bertz CT molecular complexity index is 3710. The predicted octanol–water partition coefficient (Wildman–Crippen LogP) is 16.9. The first-order chi connectivity index (χ1) is 33.2. The Morgan fingerprint density at radius 1 is 0.435 bits per heavy atom. The molecule has 0 radical (unpaired) electrons. The van der Waals surface area contributed by atoms with Gasteiger partial charge in [-0.05, 0) is 137 Å². The van der Waals surface area contributed by atoms with E-state index >= 15 is 0 Å². The van der Waals surface area contributed by atoms with Crippen molar-refractivity contribution in [1.82, 2.24) is 0 Å². The highest BCUT2D eigenvalue weighted by molar-refractivity contribution is 7.40. The standard InChI is InChI=1S/C62H53BN2O2S2/c1-34-22-26-40(46-32-66-50-20-13-11-16-42(46)50)36(3)55(34)64-48-18-15-19-49-54(48)63(59-57(64)44-30-38(61(5,6)7)24-28-52(44)68-59)60-58(45-31-39(62(8,9)10)25-29-53(45)69-60)65(49)56-35(2)23-27-41(37(56)4)47-33-67-51-21-14-12-17-43(47)51/h11-33H,1-10H3. The molecule has 0 amide bonds. The van der Waals surface area contributed by atoms with Gasteiger partial charge in [-0.3, -0.25) is 0 Å². The van der Waals surface area contributed by atoms with Gasteiger partial charge in [0.2, 0.25) is 0 Å². The minimum Gasteiger partial charge on any atom is -0.464 e. The molecular formula is C62H53BN2O2S2. The number of para-hydroxylation sites is 2. The molecule has 0 spiro atoms. The second-order valence-corrected chi connectivity index (χ2v) is 23.6. The summed E-state index contributed by atoms with van der Waals surface area (Å²) in [6, 6.07) is 47.6. The maximum absolute atomic E-state index is 6.22. The lowest BCUT2D eigenvalue weighted by molar-refractivity contribution is 0.591. The number of fused-ring (bicyclic) bond motifs is 10. The van der Waals surface area contributed by atoms with Crippen molar-refractivity contribution in [2.75, 3.05) is 9.80 Å². The number of furan rings is 2. The predicted molar refractivity (Wildman–Crippen MR) is 298 cm³/mol. The summed E-state index contributed by atoms with van der Waals surface area (Å²) < 4.78 is 17.8. The minimum absolute atomic E-state index is 0.0166. The lowest BCUT2D eigenvalue weighted by Gasteiger charge is -2.43. The van der Waals surface area contributed by atoms with Gasteiger partial charge in [-0.15, -0.1) is 22.7 Å². The van der Waals surface area contributed by atoms with Crippen LogP contribution in [0.2, 0.25) is 0 Å². The van der Waals surface area contributed by atoms with Crippen molar-refractivity contribution < 1.29 is 8.83 Å². The van der Waals surface area contributed by atoms with Crippen LogP contribution in [-0.4, -0.2) is 6.71 Å². The number of thiophene rings is 2. The summed E-state index contributed by atoms with van der Waals surface area (Å²) >= 11 is 3.96. The molecule has 338 valence electrons. The van der Waals surface area contributed by atoms with E-state index in [4.69, 9.17) is 8.83 Å². The van der Waals surface area contributed by atoms with Gasteiger partial charge in [0.25, 0.3) is 6.71 Å². The molecule has 0 unspecified atom stereocenters. The van der Waals surface area contributed by atoms with E-state index in [1.54, 1.807) is 0 Å². The van der Waals surface area contributed by atoms with Gasteiger partial charge in [-0.25, -0.2) is 0 Å². The average molecular weight is 933 g/mol. The number of rotatable bonds is 4. The van der Waals surface area contributed by atoms with Crippen LogP contribution >= 0.6 is 22.7 Å². The van der Waals surface area contributed by atoms with Gasteiger partial charge in [0.1, 0.15) is 11.2 Å². The Morgan fingerprint density at radius 2 is 0.870 bits per heavy atom. The molecule has 7 aromatic carbocycles. The molecule has 13 rings (SSSR count). The average Bonchev–Trinajstić information content (AvgIpc) is 4.13. The Balaban J connectivity index is 1.15. The first-order valence-corrected chi connectivity index (χ1v) is 25.8. The number of anilines is 6. The Morgan fingerprint density at radius 3 is 1.30 bits per heavy atom. The first kappa shape index (κ1) is 42.3. The van der Waals surface area contributed by atoms with E-state index in [9.17, 15) is 0 Å².